The van der Waals surface area contributed by atoms with Gasteiger partial charge in [0, 0.05) is 19.9 Å². The summed E-state index contributed by atoms with van der Waals surface area (Å²) in [5, 5.41) is 20.2. The highest BCUT2D eigenvalue weighted by molar-refractivity contribution is 5.94. The summed E-state index contributed by atoms with van der Waals surface area (Å²) in [6.45, 7) is 1.63. The molecular formula is C12H14F3N3O4. The summed E-state index contributed by atoms with van der Waals surface area (Å²) in [4.78, 5) is 16.9. The molecule has 2 heterocycles. The van der Waals surface area contributed by atoms with Crippen LogP contribution < -0.4 is 4.90 Å². The van der Waals surface area contributed by atoms with Crippen molar-refractivity contribution >= 4 is 11.8 Å². The van der Waals surface area contributed by atoms with E-state index in [0.29, 0.717) is 17.0 Å². The Morgan fingerprint density at radius 1 is 1.45 bits per heavy atom. The zero-order chi connectivity index (χ0) is 16.7. The molecular weight excluding hydrogens is 307 g/mol. The Labute approximate surface area is 123 Å². The second-order valence-corrected chi connectivity index (χ2v) is 4.62. The van der Waals surface area contributed by atoms with Crippen LogP contribution >= 0.6 is 0 Å². The lowest BCUT2D eigenvalue weighted by molar-refractivity contribution is -0.242. The van der Waals surface area contributed by atoms with Crippen molar-refractivity contribution in [3.8, 4) is 0 Å². The summed E-state index contributed by atoms with van der Waals surface area (Å²) < 4.78 is 43.2. The summed E-state index contributed by atoms with van der Waals surface area (Å²) in [5.74, 6) is -3.39. The van der Waals surface area contributed by atoms with Crippen molar-refractivity contribution in [2.45, 2.75) is 25.2 Å². The Morgan fingerprint density at radius 3 is 2.64 bits per heavy atom. The van der Waals surface area contributed by atoms with E-state index in [0.717, 1.165) is 11.1 Å². The van der Waals surface area contributed by atoms with Gasteiger partial charge in [-0.3, -0.25) is 4.90 Å². The third-order valence-corrected chi connectivity index (χ3v) is 3.13. The molecule has 1 fully saturated rings. The van der Waals surface area contributed by atoms with Crippen LogP contribution in [0.5, 0.6) is 0 Å². The number of hydrogen-bond donors (Lipinski definition) is 2. The average Bonchev–Trinajstić information content (AvgIpc) is 2.58. The summed E-state index contributed by atoms with van der Waals surface area (Å²) in [5.41, 5.74) is -1.07. The van der Waals surface area contributed by atoms with Gasteiger partial charge in [0.05, 0.1) is 5.56 Å². The van der Waals surface area contributed by atoms with Crippen LogP contribution in [0.25, 0.3) is 0 Å². The molecule has 1 saturated heterocycles. The molecule has 0 aromatic carbocycles. The van der Waals surface area contributed by atoms with Crippen LogP contribution in [-0.4, -0.2) is 51.9 Å². The second-order valence-electron chi connectivity index (χ2n) is 4.62. The molecule has 10 heteroatoms. The highest BCUT2D eigenvalue weighted by Crippen LogP contribution is 2.36. The van der Waals surface area contributed by atoms with Crippen LogP contribution in [0, 0.1) is 0 Å². The van der Waals surface area contributed by atoms with E-state index in [-0.39, 0.29) is 6.61 Å². The molecule has 1 aromatic rings. The largest absolute Gasteiger partial charge is 0.416 e. The molecule has 1 atom stereocenters. The number of carbonyl (C=O) groups is 1. The van der Waals surface area contributed by atoms with E-state index >= 15 is 0 Å². The molecule has 1 aliphatic heterocycles. The fourth-order valence-corrected chi connectivity index (χ4v) is 2.13. The van der Waals surface area contributed by atoms with Crippen LogP contribution in [0.15, 0.2) is 18.3 Å². The van der Waals surface area contributed by atoms with Gasteiger partial charge in [0.25, 0.3) is 0 Å². The molecule has 122 valence electrons. The maximum atomic E-state index is 12.7. The topological polar surface area (TPSA) is 86.1 Å². The third-order valence-electron chi connectivity index (χ3n) is 3.13. The van der Waals surface area contributed by atoms with Gasteiger partial charge in [-0.05, 0) is 19.1 Å². The Morgan fingerprint density at radius 2 is 2.09 bits per heavy atom. The highest BCUT2D eigenvalue weighted by atomic mass is 19.4. The van der Waals surface area contributed by atoms with Gasteiger partial charge in [0.1, 0.15) is 5.82 Å². The number of halogens is 3. The second kappa shape index (κ2) is 5.38. The molecule has 0 bridgehead atoms. The quantitative estimate of drug-likeness (QED) is 0.810. The van der Waals surface area contributed by atoms with Crippen molar-refractivity contribution in [2.24, 2.45) is 0 Å². The minimum atomic E-state index is -4.65. The maximum absolute atomic E-state index is 12.7. The lowest BCUT2D eigenvalue weighted by Gasteiger charge is -2.29. The highest BCUT2D eigenvalue weighted by Gasteiger charge is 2.57. The van der Waals surface area contributed by atoms with E-state index in [1.54, 1.807) is 6.92 Å². The standard InChI is InChI=1S/C12H14F3N3O4/c1-3-22-9-12(20,21)18(10(19)17(9)2)8-6-7(4-5-16-8)11(13,14)15/h4-6,9,20-21H,3H2,1-2H3. The Hall–Kier alpha value is -1.91. The first-order valence-corrected chi connectivity index (χ1v) is 6.27. The van der Waals surface area contributed by atoms with Crippen LogP contribution in [0.4, 0.5) is 23.8 Å². The number of alkyl halides is 3. The molecule has 0 saturated carbocycles. The Bertz CT molecular complexity index is 579. The smallest absolute Gasteiger partial charge is 0.351 e. The van der Waals surface area contributed by atoms with Gasteiger partial charge < -0.3 is 14.9 Å². The van der Waals surface area contributed by atoms with Gasteiger partial charge >= 0.3 is 18.1 Å². The van der Waals surface area contributed by atoms with Crippen molar-refractivity contribution < 1.29 is 32.9 Å². The van der Waals surface area contributed by atoms with Crippen molar-refractivity contribution in [1.29, 1.82) is 0 Å². The van der Waals surface area contributed by atoms with Crippen molar-refractivity contribution in [3.63, 3.8) is 0 Å². The molecule has 7 nitrogen and oxygen atoms in total. The van der Waals surface area contributed by atoms with E-state index in [1.165, 1.54) is 7.05 Å². The molecule has 1 aliphatic rings. The molecule has 0 aliphatic carbocycles. The third kappa shape index (κ3) is 2.60. The molecule has 1 aromatic heterocycles. The number of nitrogens with zero attached hydrogens (tertiary/aromatic N) is 3. The number of amides is 2. The number of carbonyl (C=O) groups excluding carboxylic acids is 1. The first-order valence-electron chi connectivity index (χ1n) is 6.27. The van der Waals surface area contributed by atoms with Gasteiger partial charge in [0.2, 0.25) is 6.23 Å². The summed E-state index contributed by atoms with van der Waals surface area (Å²) in [6.07, 6.45) is -5.28. The van der Waals surface area contributed by atoms with E-state index in [9.17, 15) is 28.2 Å². The number of urea groups is 1. The number of hydrogen-bond acceptors (Lipinski definition) is 5. The lowest BCUT2D eigenvalue weighted by atomic mass is 10.2. The minimum Gasteiger partial charge on any atom is -0.351 e. The fraction of sp³-hybridized carbons (Fsp3) is 0.500. The SMILES string of the molecule is CCOC1N(C)C(=O)N(c2cc(C(F)(F)F)ccn2)C1(O)O. The van der Waals surface area contributed by atoms with E-state index in [2.05, 4.69) is 4.98 Å². The number of pyridine rings is 1. The average molecular weight is 321 g/mol. The molecule has 1 unspecified atom stereocenters. The fourth-order valence-electron chi connectivity index (χ4n) is 2.13. The minimum absolute atomic E-state index is 0.0645. The van der Waals surface area contributed by atoms with Gasteiger partial charge in [-0.1, -0.05) is 0 Å². The monoisotopic (exact) mass is 321 g/mol. The van der Waals surface area contributed by atoms with Gasteiger partial charge in [0.15, 0.2) is 0 Å². The molecule has 2 rings (SSSR count). The molecule has 0 spiro atoms. The van der Waals surface area contributed by atoms with Gasteiger partial charge in [-0.15, -0.1) is 0 Å². The zero-order valence-corrected chi connectivity index (χ0v) is 11.7. The number of rotatable bonds is 3. The van der Waals surface area contributed by atoms with Crippen molar-refractivity contribution in [2.75, 3.05) is 18.6 Å². The van der Waals surface area contributed by atoms with Crippen LogP contribution in [0.1, 0.15) is 12.5 Å². The van der Waals surface area contributed by atoms with Crippen LogP contribution in [0.2, 0.25) is 0 Å². The summed E-state index contributed by atoms with van der Waals surface area (Å²) in [7, 11) is 1.23. The Balaban J connectivity index is 2.46. The van der Waals surface area contributed by atoms with E-state index in [4.69, 9.17) is 4.74 Å². The van der Waals surface area contributed by atoms with Crippen LogP contribution in [-0.2, 0) is 10.9 Å². The first-order chi connectivity index (χ1) is 10.1. The zero-order valence-electron chi connectivity index (χ0n) is 11.7. The lowest BCUT2D eigenvalue weighted by Crippen LogP contribution is -2.53. The molecule has 0 radical (unpaired) electrons. The van der Waals surface area contributed by atoms with Gasteiger partial charge in [-0.2, -0.15) is 13.2 Å². The number of aliphatic hydroxyl groups is 2. The maximum Gasteiger partial charge on any atom is 0.416 e. The number of aromatic nitrogens is 1. The van der Waals surface area contributed by atoms with Crippen LogP contribution in [0.3, 0.4) is 0 Å². The molecule has 22 heavy (non-hydrogen) atoms. The Kier molecular flexibility index (Phi) is 4.02. The normalized spacial score (nSPS) is 21.6. The van der Waals surface area contributed by atoms with E-state index in [1.807, 2.05) is 0 Å². The summed E-state index contributed by atoms with van der Waals surface area (Å²) >= 11 is 0. The van der Waals surface area contributed by atoms with Crippen molar-refractivity contribution in [1.82, 2.24) is 9.88 Å². The predicted octanol–water partition coefficient (Wildman–Crippen LogP) is 0.973. The number of likely N-dealkylation sites (N-methyl/N-ethyl adjacent to an activating group) is 1. The number of ether oxygens (including phenoxy) is 1. The first kappa shape index (κ1) is 16.5. The summed E-state index contributed by atoms with van der Waals surface area (Å²) in [6, 6.07) is 0.320. The molecule has 2 amide bonds. The van der Waals surface area contributed by atoms with Gasteiger partial charge in [-0.25, -0.2) is 14.7 Å². The van der Waals surface area contributed by atoms with Crippen molar-refractivity contribution in [3.05, 3.63) is 23.9 Å². The predicted molar refractivity (Wildman–Crippen MR) is 67.5 cm³/mol. The molecule has 2 N–H and O–H groups in total. The number of anilines is 1. The van der Waals surface area contributed by atoms with E-state index < -0.39 is 35.7 Å².